The smallest absolute Gasteiger partial charge is 0.261 e. The van der Waals surface area contributed by atoms with E-state index in [2.05, 4.69) is 87.4 Å². The molecule has 2 aromatic carbocycles. The molecule has 0 saturated carbocycles. The monoisotopic (exact) mass is 350 g/mol. The van der Waals surface area contributed by atoms with Gasteiger partial charge in [0.25, 0.3) is 8.32 Å². The van der Waals surface area contributed by atoms with Crippen LogP contribution in [0.4, 0.5) is 0 Å². The zero-order valence-electron chi connectivity index (χ0n) is 15.3. The maximum Gasteiger partial charge on any atom is 0.261 e. The number of benzene rings is 2. The van der Waals surface area contributed by atoms with E-state index in [1.807, 2.05) is 0 Å². The molecule has 3 rings (SSSR count). The molecule has 3 heteroatoms. The van der Waals surface area contributed by atoms with E-state index < -0.39 is 8.32 Å². The number of hydrogen-bond acceptors (Lipinski definition) is 2. The van der Waals surface area contributed by atoms with Gasteiger partial charge in [-0.1, -0.05) is 87.4 Å². The molecule has 0 spiro atoms. The summed E-state index contributed by atoms with van der Waals surface area (Å²) < 4.78 is 12.3. The molecule has 0 bridgehead atoms. The van der Waals surface area contributed by atoms with E-state index in [4.69, 9.17) is 15.6 Å². The third-order valence-corrected chi connectivity index (χ3v) is 10.0. The molecule has 2 aromatic rings. The largest absolute Gasteiger partial charge is 0.406 e. The lowest BCUT2D eigenvalue weighted by atomic mass is 9.88. The third-order valence-electron chi connectivity index (χ3n) is 5.04. The van der Waals surface area contributed by atoms with Gasteiger partial charge < -0.3 is 9.16 Å². The Bertz CT molecular complexity index is 698. The molecule has 25 heavy (non-hydrogen) atoms. The Kier molecular flexibility index (Phi) is 4.88. The van der Waals surface area contributed by atoms with Crippen molar-refractivity contribution in [1.82, 2.24) is 0 Å². The molecule has 0 amide bonds. The van der Waals surface area contributed by atoms with Crippen molar-refractivity contribution in [2.24, 2.45) is 5.41 Å². The van der Waals surface area contributed by atoms with Crippen LogP contribution in [0.5, 0.6) is 0 Å². The molecule has 0 aromatic heterocycles. The van der Waals surface area contributed by atoms with E-state index in [1.54, 1.807) is 0 Å². The molecular formula is C22H26O2Si. The highest BCUT2D eigenvalue weighted by atomic mass is 28.4. The minimum Gasteiger partial charge on any atom is -0.406 e. The fourth-order valence-electron chi connectivity index (χ4n) is 3.56. The van der Waals surface area contributed by atoms with Crippen LogP contribution in [0.2, 0.25) is 5.04 Å². The van der Waals surface area contributed by atoms with Crippen molar-refractivity contribution in [3.63, 3.8) is 0 Å². The van der Waals surface area contributed by atoms with Crippen molar-refractivity contribution < 1.29 is 9.16 Å². The molecule has 130 valence electrons. The molecule has 1 saturated heterocycles. The van der Waals surface area contributed by atoms with Crippen molar-refractivity contribution >= 4 is 18.7 Å². The zero-order valence-corrected chi connectivity index (χ0v) is 16.3. The van der Waals surface area contributed by atoms with Crippen LogP contribution in [-0.4, -0.2) is 28.1 Å². The van der Waals surface area contributed by atoms with Crippen LogP contribution >= 0.6 is 0 Å². The molecule has 1 aliphatic heterocycles. The predicted molar refractivity (Wildman–Crippen MR) is 106 cm³/mol. The van der Waals surface area contributed by atoms with Gasteiger partial charge in [0.2, 0.25) is 0 Å². The molecule has 1 heterocycles. The normalized spacial score (nSPS) is 16.7. The molecule has 2 nitrogen and oxygen atoms in total. The average Bonchev–Trinajstić information content (AvgIpc) is 2.58. The highest BCUT2D eigenvalue weighted by Gasteiger charge is 2.52. The summed E-state index contributed by atoms with van der Waals surface area (Å²) >= 11 is 0. The second-order valence-electron chi connectivity index (χ2n) is 7.87. The van der Waals surface area contributed by atoms with Gasteiger partial charge in [0.05, 0.1) is 25.2 Å². The van der Waals surface area contributed by atoms with Gasteiger partial charge in [0.1, 0.15) is 0 Å². The third kappa shape index (κ3) is 3.18. The van der Waals surface area contributed by atoms with E-state index in [9.17, 15) is 0 Å². The van der Waals surface area contributed by atoms with Gasteiger partial charge in [-0.25, -0.2) is 0 Å². The van der Waals surface area contributed by atoms with Crippen molar-refractivity contribution in [3.05, 3.63) is 60.7 Å². The summed E-state index contributed by atoms with van der Waals surface area (Å²) in [4.78, 5) is 0. The highest BCUT2D eigenvalue weighted by molar-refractivity contribution is 6.99. The summed E-state index contributed by atoms with van der Waals surface area (Å²) in [7, 11) is -2.51. The number of terminal acetylenes is 1. The second-order valence-corrected chi connectivity index (χ2v) is 12.2. The van der Waals surface area contributed by atoms with Crippen LogP contribution in [0.15, 0.2) is 60.7 Å². The topological polar surface area (TPSA) is 18.5 Å². The maximum absolute atomic E-state index is 6.88. The Balaban J connectivity index is 2.11. The van der Waals surface area contributed by atoms with Crippen LogP contribution < -0.4 is 10.4 Å². The van der Waals surface area contributed by atoms with Crippen molar-refractivity contribution in [3.8, 4) is 12.3 Å². The molecule has 0 N–H and O–H groups in total. The number of hydrogen-bond donors (Lipinski definition) is 0. The van der Waals surface area contributed by atoms with E-state index in [1.165, 1.54) is 10.4 Å². The molecule has 0 atom stereocenters. The van der Waals surface area contributed by atoms with E-state index in [0.717, 1.165) is 0 Å². The lowest BCUT2D eigenvalue weighted by Crippen LogP contribution is -2.68. The lowest BCUT2D eigenvalue weighted by Gasteiger charge is -2.46. The molecule has 0 aliphatic carbocycles. The van der Waals surface area contributed by atoms with E-state index in [0.29, 0.717) is 19.8 Å². The van der Waals surface area contributed by atoms with Crippen LogP contribution in [0.1, 0.15) is 20.8 Å². The van der Waals surface area contributed by atoms with Gasteiger partial charge in [-0.3, -0.25) is 0 Å². The van der Waals surface area contributed by atoms with Gasteiger partial charge in [-0.05, 0) is 15.4 Å². The maximum atomic E-state index is 6.88. The van der Waals surface area contributed by atoms with Crippen LogP contribution in [0.3, 0.4) is 0 Å². The minimum atomic E-state index is -2.51. The van der Waals surface area contributed by atoms with Crippen LogP contribution in [0, 0.1) is 17.8 Å². The van der Waals surface area contributed by atoms with Gasteiger partial charge in [0, 0.05) is 0 Å². The van der Waals surface area contributed by atoms with Gasteiger partial charge in [-0.15, -0.1) is 6.42 Å². The number of rotatable bonds is 5. The summed E-state index contributed by atoms with van der Waals surface area (Å²) in [6.07, 6.45) is 5.79. The minimum absolute atomic E-state index is 0.0316. The quantitative estimate of drug-likeness (QED) is 0.609. The Morgan fingerprint density at radius 3 is 1.80 bits per heavy atom. The molecular weight excluding hydrogens is 324 g/mol. The fourth-order valence-corrected chi connectivity index (χ4v) is 8.21. The standard InChI is InChI=1S/C22H26O2Si/c1-5-22(16-23-17-22)18-24-25(21(2,3)4,19-12-8-6-9-13-19)20-14-10-7-11-15-20/h1,6-15H,16-18H2,2-4H3. The first-order valence-corrected chi connectivity index (χ1v) is 10.6. The zero-order chi connectivity index (χ0) is 18.0. The highest BCUT2D eigenvalue weighted by Crippen LogP contribution is 2.38. The van der Waals surface area contributed by atoms with Crippen LogP contribution in [0.25, 0.3) is 0 Å². The summed E-state index contributed by atoms with van der Waals surface area (Å²) in [5.41, 5.74) is -0.285. The average molecular weight is 351 g/mol. The molecule has 1 fully saturated rings. The van der Waals surface area contributed by atoms with Crippen molar-refractivity contribution in [2.45, 2.75) is 25.8 Å². The molecule has 0 unspecified atom stereocenters. The van der Waals surface area contributed by atoms with Gasteiger partial charge in [0.15, 0.2) is 0 Å². The number of ether oxygens (including phenoxy) is 1. The Hall–Kier alpha value is -1.86. The SMILES string of the molecule is C#CC1(CO[Si](c2ccccc2)(c2ccccc2)C(C)(C)C)COC1. The second kappa shape index (κ2) is 6.80. The first-order valence-electron chi connectivity index (χ1n) is 8.74. The Morgan fingerprint density at radius 1 is 1.00 bits per heavy atom. The molecule has 1 aliphatic rings. The lowest BCUT2D eigenvalue weighted by molar-refractivity contribution is -0.0966. The summed E-state index contributed by atoms with van der Waals surface area (Å²) in [5.74, 6) is 2.91. The van der Waals surface area contributed by atoms with Crippen LogP contribution in [-0.2, 0) is 9.16 Å². The van der Waals surface area contributed by atoms with Gasteiger partial charge >= 0.3 is 0 Å². The van der Waals surface area contributed by atoms with Gasteiger partial charge in [-0.2, -0.15) is 0 Å². The summed E-state index contributed by atoms with van der Waals surface area (Å²) in [6, 6.07) is 21.3. The Labute approximate surface area is 152 Å². The summed E-state index contributed by atoms with van der Waals surface area (Å²) in [6.45, 7) is 8.54. The fraction of sp³-hybridized carbons (Fsp3) is 0.364. The Morgan fingerprint density at radius 2 is 1.48 bits per heavy atom. The van der Waals surface area contributed by atoms with Crippen molar-refractivity contribution in [1.29, 1.82) is 0 Å². The first-order chi connectivity index (χ1) is 11.9. The molecule has 0 radical (unpaired) electrons. The van der Waals surface area contributed by atoms with E-state index >= 15 is 0 Å². The predicted octanol–water partition coefficient (Wildman–Crippen LogP) is 3.21. The van der Waals surface area contributed by atoms with E-state index in [-0.39, 0.29) is 10.5 Å². The summed E-state index contributed by atoms with van der Waals surface area (Å²) in [5, 5.41) is 2.53. The van der Waals surface area contributed by atoms with Crippen molar-refractivity contribution in [2.75, 3.05) is 19.8 Å². The first kappa shape index (κ1) is 17.9.